The maximum absolute atomic E-state index is 13.3. The van der Waals surface area contributed by atoms with Crippen LogP contribution in [0.1, 0.15) is 53.1 Å². The first kappa shape index (κ1) is 28.6. The first-order valence-corrected chi connectivity index (χ1v) is 13.2. The SMILES string of the molecule is Cc1ccc(C(=O)N2CCC(c3ccc(Cl)cc3)CC2)cc1NC(=O)C1=C/C=C(/C(F)(F)F)CC/C(CO)=C\1. The molecule has 2 N–H and O–H groups in total. The van der Waals surface area contributed by atoms with Gasteiger partial charge in [0.25, 0.3) is 11.8 Å². The number of nitrogens with one attached hydrogen (secondary N) is 1. The van der Waals surface area contributed by atoms with Gasteiger partial charge in [-0.1, -0.05) is 35.9 Å². The molecule has 0 radical (unpaired) electrons. The molecular weight excluding hydrogens is 529 g/mol. The molecule has 0 saturated carbocycles. The summed E-state index contributed by atoms with van der Waals surface area (Å²) in [5.74, 6) is -0.428. The normalized spacial score (nSPS) is 21.0. The highest BCUT2D eigenvalue weighted by molar-refractivity contribution is 6.30. The fourth-order valence-corrected chi connectivity index (χ4v) is 4.95. The van der Waals surface area contributed by atoms with E-state index in [0.29, 0.717) is 46.4 Å². The zero-order valence-corrected chi connectivity index (χ0v) is 22.3. The lowest BCUT2D eigenvalue weighted by atomic mass is 9.89. The summed E-state index contributed by atoms with van der Waals surface area (Å²) >= 11 is 5.99. The summed E-state index contributed by atoms with van der Waals surface area (Å²) in [5, 5.41) is 13.0. The lowest BCUT2D eigenvalue weighted by Crippen LogP contribution is -2.38. The monoisotopic (exact) mass is 558 g/mol. The van der Waals surface area contributed by atoms with Crippen LogP contribution in [0.2, 0.25) is 5.02 Å². The van der Waals surface area contributed by atoms with Crippen molar-refractivity contribution in [2.75, 3.05) is 25.0 Å². The van der Waals surface area contributed by atoms with Gasteiger partial charge in [0, 0.05) is 40.5 Å². The summed E-state index contributed by atoms with van der Waals surface area (Å²) in [7, 11) is 0. The van der Waals surface area contributed by atoms with Crippen LogP contribution >= 0.6 is 11.6 Å². The largest absolute Gasteiger partial charge is 0.412 e. The van der Waals surface area contributed by atoms with Gasteiger partial charge >= 0.3 is 6.18 Å². The summed E-state index contributed by atoms with van der Waals surface area (Å²) < 4.78 is 39.9. The first-order chi connectivity index (χ1) is 18.5. The predicted molar refractivity (Wildman–Crippen MR) is 146 cm³/mol. The molecule has 2 aromatic carbocycles. The van der Waals surface area contributed by atoms with E-state index in [0.717, 1.165) is 25.0 Å². The Labute approximate surface area is 230 Å². The average molecular weight is 559 g/mol. The third-order valence-electron chi connectivity index (χ3n) is 7.22. The zero-order chi connectivity index (χ0) is 28.2. The molecular formula is C30H30ClF3N2O3. The second kappa shape index (κ2) is 12.2. The molecule has 39 heavy (non-hydrogen) atoms. The number of hydrogen-bond donors (Lipinski definition) is 2. The lowest BCUT2D eigenvalue weighted by Gasteiger charge is -2.32. The number of carbonyl (C=O) groups excluding carboxylic acids is 2. The van der Waals surface area contributed by atoms with Crippen molar-refractivity contribution >= 4 is 29.1 Å². The Morgan fingerprint density at radius 1 is 1.05 bits per heavy atom. The minimum atomic E-state index is -4.52. The van der Waals surface area contributed by atoms with Gasteiger partial charge in [-0.3, -0.25) is 9.59 Å². The van der Waals surface area contributed by atoms with Gasteiger partial charge in [0.15, 0.2) is 0 Å². The van der Waals surface area contributed by atoms with Gasteiger partial charge in [-0.15, -0.1) is 0 Å². The van der Waals surface area contributed by atoms with Gasteiger partial charge < -0.3 is 15.3 Å². The molecule has 2 aromatic rings. The standard InChI is InChI=1S/C30H30ClF3N2O3/c1-19-2-4-24(29(39)36-14-12-22(13-15-36)21-6-10-26(31)11-7-21)17-27(19)35-28(38)23-5-9-25(30(32,33)34)8-3-20(16-23)18-37/h2,4-7,9-11,16-17,22,37H,3,8,12-15,18H2,1H3,(H,35,38)/b20-16+,23-5+,25-9+. The van der Waals surface area contributed by atoms with Gasteiger partial charge in [0.2, 0.25) is 0 Å². The van der Waals surface area contributed by atoms with Crippen molar-refractivity contribution in [3.05, 3.63) is 99.1 Å². The number of carbonyl (C=O) groups is 2. The van der Waals surface area contributed by atoms with Gasteiger partial charge in [-0.25, -0.2) is 0 Å². The summed E-state index contributed by atoms with van der Waals surface area (Å²) in [6.45, 7) is 2.51. The number of likely N-dealkylation sites (tertiary alicyclic amines) is 1. The number of rotatable bonds is 5. The Morgan fingerprint density at radius 3 is 2.38 bits per heavy atom. The van der Waals surface area contributed by atoms with E-state index in [4.69, 9.17) is 11.6 Å². The lowest BCUT2D eigenvalue weighted by molar-refractivity contribution is -0.112. The number of halogens is 4. The number of anilines is 1. The van der Waals surface area contributed by atoms with Crippen molar-refractivity contribution in [1.82, 2.24) is 4.90 Å². The molecule has 0 unspecified atom stereocenters. The Balaban J connectivity index is 1.47. The summed E-state index contributed by atoms with van der Waals surface area (Å²) in [5.41, 5.74) is 2.25. The predicted octanol–water partition coefficient (Wildman–Crippen LogP) is 6.73. The van der Waals surface area contributed by atoms with E-state index in [1.54, 1.807) is 30.0 Å². The van der Waals surface area contributed by atoms with Crippen LogP contribution in [0.3, 0.4) is 0 Å². The molecule has 2 aliphatic rings. The number of piperidine rings is 1. The molecule has 206 valence electrons. The molecule has 0 atom stereocenters. The maximum Gasteiger partial charge on any atom is 0.412 e. The average Bonchev–Trinajstić information content (AvgIpc) is 2.89. The molecule has 1 heterocycles. The quantitative estimate of drug-likeness (QED) is 0.427. The number of amides is 2. The van der Waals surface area contributed by atoms with Crippen molar-refractivity contribution in [1.29, 1.82) is 0 Å². The molecule has 1 saturated heterocycles. The van der Waals surface area contributed by atoms with Crippen LogP contribution in [0.5, 0.6) is 0 Å². The highest BCUT2D eigenvalue weighted by Gasteiger charge is 2.33. The van der Waals surface area contributed by atoms with E-state index in [2.05, 4.69) is 5.32 Å². The van der Waals surface area contributed by atoms with Crippen LogP contribution in [-0.4, -0.2) is 47.7 Å². The summed E-state index contributed by atoms with van der Waals surface area (Å²) in [6, 6.07) is 12.8. The Kier molecular flexibility index (Phi) is 8.97. The van der Waals surface area contributed by atoms with E-state index < -0.39 is 24.3 Å². The Hall–Kier alpha value is -3.36. The van der Waals surface area contributed by atoms with Gasteiger partial charge in [-0.05, 0) is 91.6 Å². The second-order valence-electron chi connectivity index (χ2n) is 9.87. The second-order valence-corrected chi connectivity index (χ2v) is 10.3. The topological polar surface area (TPSA) is 69.6 Å². The number of aryl methyl sites for hydroxylation is 1. The van der Waals surface area contributed by atoms with E-state index in [1.165, 1.54) is 11.6 Å². The minimum absolute atomic E-state index is 0.00973. The molecule has 1 aliphatic heterocycles. The highest BCUT2D eigenvalue weighted by atomic mass is 35.5. The molecule has 0 aromatic heterocycles. The minimum Gasteiger partial charge on any atom is -0.392 e. The van der Waals surface area contributed by atoms with Gasteiger partial charge in [0.05, 0.1) is 6.61 Å². The van der Waals surface area contributed by atoms with Crippen molar-refractivity contribution in [3.63, 3.8) is 0 Å². The number of benzene rings is 2. The molecule has 4 rings (SSSR count). The van der Waals surface area contributed by atoms with E-state index >= 15 is 0 Å². The molecule has 9 heteroatoms. The van der Waals surface area contributed by atoms with Crippen LogP contribution in [0.25, 0.3) is 0 Å². The van der Waals surface area contributed by atoms with Crippen LogP contribution in [0.4, 0.5) is 18.9 Å². The van der Waals surface area contributed by atoms with Crippen molar-refractivity contribution < 1.29 is 27.9 Å². The smallest absolute Gasteiger partial charge is 0.392 e. The maximum atomic E-state index is 13.3. The Bertz CT molecular complexity index is 1320. The molecule has 5 nitrogen and oxygen atoms in total. The van der Waals surface area contributed by atoms with Crippen molar-refractivity contribution in [2.24, 2.45) is 0 Å². The molecule has 2 amide bonds. The first-order valence-electron chi connectivity index (χ1n) is 12.8. The van der Waals surface area contributed by atoms with Gasteiger partial charge in [-0.2, -0.15) is 13.2 Å². The highest BCUT2D eigenvalue weighted by Crippen LogP contribution is 2.32. The van der Waals surface area contributed by atoms with Crippen LogP contribution < -0.4 is 5.32 Å². The van der Waals surface area contributed by atoms with Crippen LogP contribution in [-0.2, 0) is 4.79 Å². The molecule has 1 fully saturated rings. The van der Waals surface area contributed by atoms with Crippen LogP contribution in [0, 0.1) is 6.92 Å². The van der Waals surface area contributed by atoms with Gasteiger partial charge in [0.1, 0.15) is 0 Å². The third-order valence-corrected chi connectivity index (χ3v) is 7.48. The fourth-order valence-electron chi connectivity index (χ4n) is 4.83. The number of alkyl halides is 3. The van der Waals surface area contributed by atoms with Crippen molar-refractivity contribution in [3.8, 4) is 0 Å². The van der Waals surface area contributed by atoms with E-state index in [-0.39, 0.29) is 24.3 Å². The number of aliphatic hydroxyl groups excluding tert-OH is 1. The summed E-state index contributed by atoms with van der Waals surface area (Å²) in [6.07, 6.45) is 0.264. The number of nitrogens with zero attached hydrogens (tertiary/aromatic N) is 1. The fraction of sp³-hybridized carbons (Fsp3) is 0.333. The van der Waals surface area contributed by atoms with E-state index in [1.807, 2.05) is 24.3 Å². The third kappa shape index (κ3) is 7.19. The molecule has 1 aliphatic carbocycles. The van der Waals surface area contributed by atoms with Crippen LogP contribution in [0.15, 0.2) is 77.4 Å². The number of allylic oxidation sites excluding steroid dienone is 3. The van der Waals surface area contributed by atoms with Crippen molar-refractivity contribution in [2.45, 2.75) is 44.7 Å². The number of hydrogen-bond acceptors (Lipinski definition) is 3. The molecule has 0 spiro atoms. The van der Waals surface area contributed by atoms with E-state index in [9.17, 15) is 27.9 Å². The summed E-state index contributed by atoms with van der Waals surface area (Å²) in [4.78, 5) is 28.1. The molecule has 0 bridgehead atoms. The Morgan fingerprint density at radius 2 is 1.74 bits per heavy atom. The number of aliphatic hydroxyl groups is 1. The zero-order valence-electron chi connectivity index (χ0n) is 21.5.